The molecule has 1 unspecified atom stereocenters. The molecule has 0 fully saturated rings. The van der Waals surface area contributed by atoms with Gasteiger partial charge in [0.1, 0.15) is 17.1 Å². The molecule has 1 aromatic carbocycles. The molecule has 124 valence electrons. The molecule has 23 heavy (non-hydrogen) atoms. The van der Waals surface area contributed by atoms with E-state index < -0.39 is 17.3 Å². The van der Waals surface area contributed by atoms with Gasteiger partial charge in [-0.1, -0.05) is 6.07 Å². The third-order valence-electron chi connectivity index (χ3n) is 3.36. The van der Waals surface area contributed by atoms with Gasteiger partial charge in [0.05, 0.1) is 18.7 Å². The molecule has 2 rings (SSSR count). The average molecular weight is 321 g/mol. The molecule has 2 aromatic rings. The van der Waals surface area contributed by atoms with Gasteiger partial charge in [0.2, 0.25) is 0 Å². The van der Waals surface area contributed by atoms with Gasteiger partial charge in [-0.05, 0) is 45.0 Å². The number of carbonyl (C=O) groups excluding carboxylic acids is 1. The zero-order valence-corrected chi connectivity index (χ0v) is 13.4. The summed E-state index contributed by atoms with van der Waals surface area (Å²) in [5.74, 6) is -0.222. The fraction of sp³-hybridized carbons (Fsp3) is 0.353. The van der Waals surface area contributed by atoms with E-state index in [9.17, 15) is 14.3 Å². The molecule has 0 saturated carbocycles. The number of amides is 1. The Bertz CT molecular complexity index is 694. The molecule has 1 atom stereocenters. The van der Waals surface area contributed by atoms with Crippen molar-refractivity contribution < 1.29 is 23.4 Å². The van der Waals surface area contributed by atoms with Crippen LogP contribution < -0.4 is 10.1 Å². The number of nitrogens with one attached hydrogen (secondary N) is 1. The molecular formula is C17H20FNO4. The monoisotopic (exact) mass is 321 g/mol. The van der Waals surface area contributed by atoms with E-state index in [0.717, 1.165) is 0 Å². The summed E-state index contributed by atoms with van der Waals surface area (Å²) in [6.45, 7) is 5.16. The molecular weight excluding hydrogens is 301 g/mol. The summed E-state index contributed by atoms with van der Waals surface area (Å²) < 4.78 is 24.3. The minimum atomic E-state index is -1.37. The minimum Gasteiger partial charge on any atom is -0.490 e. The van der Waals surface area contributed by atoms with E-state index in [4.69, 9.17) is 9.15 Å². The average Bonchev–Trinajstić information content (AvgIpc) is 2.94. The Morgan fingerprint density at radius 1 is 1.39 bits per heavy atom. The number of benzene rings is 1. The van der Waals surface area contributed by atoms with E-state index in [2.05, 4.69) is 5.32 Å². The van der Waals surface area contributed by atoms with Gasteiger partial charge in [0.25, 0.3) is 5.91 Å². The van der Waals surface area contributed by atoms with Crippen LogP contribution in [0.3, 0.4) is 0 Å². The first kappa shape index (κ1) is 17.0. The standard InChI is InChI=1S/C17H20FNO4/c1-4-22-15-12(6-5-7-13(15)18)16(20)19-10-17(3,21)14-9-8-11(2)23-14/h5-9,21H,4,10H2,1-3H3,(H,19,20). The Morgan fingerprint density at radius 3 is 2.74 bits per heavy atom. The quantitative estimate of drug-likeness (QED) is 0.858. The van der Waals surface area contributed by atoms with Gasteiger partial charge in [0, 0.05) is 0 Å². The number of aliphatic hydroxyl groups is 1. The lowest BCUT2D eigenvalue weighted by Gasteiger charge is -2.21. The molecule has 1 amide bonds. The summed E-state index contributed by atoms with van der Waals surface area (Å²) in [6, 6.07) is 7.50. The van der Waals surface area contributed by atoms with Gasteiger partial charge >= 0.3 is 0 Å². The molecule has 0 saturated heterocycles. The van der Waals surface area contributed by atoms with Crippen molar-refractivity contribution in [1.82, 2.24) is 5.32 Å². The van der Waals surface area contributed by atoms with Gasteiger partial charge in [0.15, 0.2) is 11.6 Å². The van der Waals surface area contributed by atoms with Crippen LogP contribution in [0, 0.1) is 12.7 Å². The van der Waals surface area contributed by atoms with Crippen molar-refractivity contribution in [3.63, 3.8) is 0 Å². The fourth-order valence-corrected chi connectivity index (χ4v) is 2.14. The van der Waals surface area contributed by atoms with Gasteiger partial charge in [-0.2, -0.15) is 0 Å². The predicted molar refractivity (Wildman–Crippen MR) is 82.9 cm³/mol. The number of rotatable bonds is 6. The molecule has 0 aliphatic carbocycles. The van der Waals surface area contributed by atoms with Crippen molar-refractivity contribution in [1.29, 1.82) is 0 Å². The SMILES string of the molecule is CCOc1c(F)cccc1C(=O)NCC(C)(O)c1ccc(C)o1. The van der Waals surface area contributed by atoms with E-state index in [1.165, 1.54) is 25.1 Å². The van der Waals surface area contributed by atoms with Crippen molar-refractivity contribution in [3.8, 4) is 5.75 Å². The number of ether oxygens (including phenoxy) is 1. The largest absolute Gasteiger partial charge is 0.490 e. The smallest absolute Gasteiger partial charge is 0.255 e. The highest BCUT2D eigenvalue weighted by Gasteiger charge is 2.28. The minimum absolute atomic E-state index is 0.0817. The first-order valence-electron chi connectivity index (χ1n) is 7.34. The van der Waals surface area contributed by atoms with Crippen LogP contribution in [0.5, 0.6) is 5.75 Å². The molecule has 1 heterocycles. The zero-order chi connectivity index (χ0) is 17.0. The predicted octanol–water partition coefficient (Wildman–Crippen LogP) is 2.76. The number of hydrogen-bond donors (Lipinski definition) is 2. The van der Waals surface area contributed by atoms with E-state index in [-0.39, 0.29) is 24.5 Å². The second-order valence-corrected chi connectivity index (χ2v) is 5.42. The summed E-state index contributed by atoms with van der Waals surface area (Å²) in [7, 11) is 0. The third-order valence-corrected chi connectivity index (χ3v) is 3.36. The second-order valence-electron chi connectivity index (χ2n) is 5.42. The van der Waals surface area contributed by atoms with Crippen LogP contribution in [0.15, 0.2) is 34.7 Å². The molecule has 1 aromatic heterocycles. The van der Waals surface area contributed by atoms with Crippen molar-refractivity contribution in [2.75, 3.05) is 13.2 Å². The first-order valence-corrected chi connectivity index (χ1v) is 7.34. The lowest BCUT2D eigenvalue weighted by Crippen LogP contribution is -2.38. The van der Waals surface area contributed by atoms with Gasteiger partial charge < -0.3 is 19.6 Å². The number of aryl methyl sites for hydroxylation is 1. The summed E-state index contributed by atoms with van der Waals surface area (Å²) >= 11 is 0. The second kappa shape index (κ2) is 6.83. The molecule has 0 aliphatic rings. The Kier molecular flexibility index (Phi) is 5.05. The number of halogens is 1. The van der Waals surface area contributed by atoms with Crippen LogP contribution >= 0.6 is 0 Å². The number of carbonyl (C=O) groups is 1. The van der Waals surface area contributed by atoms with E-state index in [1.807, 2.05) is 0 Å². The van der Waals surface area contributed by atoms with Gasteiger partial charge in [-0.3, -0.25) is 4.79 Å². The molecule has 0 bridgehead atoms. The fourth-order valence-electron chi connectivity index (χ4n) is 2.14. The molecule has 6 heteroatoms. The Hall–Kier alpha value is -2.34. The molecule has 0 radical (unpaired) electrons. The van der Waals surface area contributed by atoms with E-state index in [1.54, 1.807) is 26.0 Å². The van der Waals surface area contributed by atoms with Crippen LogP contribution in [0.4, 0.5) is 4.39 Å². The zero-order valence-electron chi connectivity index (χ0n) is 13.4. The van der Waals surface area contributed by atoms with Crippen LogP contribution in [-0.2, 0) is 5.60 Å². The normalized spacial score (nSPS) is 13.4. The summed E-state index contributed by atoms with van der Waals surface area (Å²) in [5, 5.41) is 13.0. The highest BCUT2D eigenvalue weighted by atomic mass is 19.1. The lowest BCUT2D eigenvalue weighted by molar-refractivity contribution is 0.0323. The molecule has 0 aliphatic heterocycles. The maximum Gasteiger partial charge on any atom is 0.255 e. The number of hydrogen-bond acceptors (Lipinski definition) is 4. The van der Waals surface area contributed by atoms with E-state index >= 15 is 0 Å². The van der Waals surface area contributed by atoms with Gasteiger partial charge in [-0.25, -0.2) is 4.39 Å². The maximum atomic E-state index is 13.8. The third kappa shape index (κ3) is 3.90. The van der Waals surface area contributed by atoms with Crippen LogP contribution in [0.1, 0.15) is 35.7 Å². The molecule has 2 N–H and O–H groups in total. The van der Waals surface area contributed by atoms with Crippen molar-refractivity contribution in [2.24, 2.45) is 0 Å². The van der Waals surface area contributed by atoms with Crippen LogP contribution in [-0.4, -0.2) is 24.2 Å². The lowest BCUT2D eigenvalue weighted by atomic mass is 10.0. The summed E-state index contributed by atoms with van der Waals surface area (Å²) in [6.07, 6.45) is 0. The number of furan rings is 1. The van der Waals surface area contributed by atoms with Crippen molar-refractivity contribution in [2.45, 2.75) is 26.4 Å². The van der Waals surface area contributed by atoms with Crippen molar-refractivity contribution >= 4 is 5.91 Å². The molecule has 5 nitrogen and oxygen atoms in total. The highest BCUT2D eigenvalue weighted by Crippen LogP contribution is 2.24. The Morgan fingerprint density at radius 2 is 2.13 bits per heavy atom. The number of para-hydroxylation sites is 1. The maximum absolute atomic E-state index is 13.8. The first-order chi connectivity index (χ1) is 10.8. The highest BCUT2D eigenvalue weighted by molar-refractivity contribution is 5.97. The van der Waals surface area contributed by atoms with Gasteiger partial charge in [-0.15, -0.1) is 0 Å². The van der Waals surface area contributed by atoms with E-state index in [0.29, 0.717) is 11.5 Å². The topological polar surface area (TPSA) is 71.7 Å². The van der Waals surface area contributed by atoms with Crippen molar-refractivity contribution in [3.05, 3.63) is 53.2 Å². The summed E-state index contributed by atoms with van der Waals surface area (Å²) in [4.78, 5) is 12.3. The Labute approximate surface area is 134 Å². The Balaban J connectivity index is 2.12. The molecule has 0 spiro atoms. The van der Waals surface area contributed by atoms with Crippen LogP contribution in [0.25, 0.3) is 0 Å². The summed E-state index contributed by atoms with van der Waals surface area (Å²) in [5.41, 5.74) is -1.29. The van der Waals surface area contributed by atoms with Crippen LogP contribution in [0.2, 0.25) is 0 Å².